The molecule has 0 aromatic heterocycles. The number of aliphatic hydroxyl groups is 1. The Balaban J connectivity index is 2.37. The first-order valence-electron chi connectivity index (χ1n) is 11.3. The molecule has 6 nitrogen and oxygen atoms in total. The van der Waals surface area contributed by atoms with Crippen molar-refractivity contribution in [3.63, 3.8) is 0 Å². The van der Waals surface area contributed by atoms with Crippen molar-refractivity contribution in [1.29, 1.82) is 0 Å². The lowest BCUT2D eigenvalue weighted by atomic mass is 9.80. The Morgan fingerprint density at radius 2 is 2.00 bits per heavy atom. The lowest BCUT2D eigenvalue weighted by molar-refractivity contribution is -0.119. The van der Waals surface area contributed by atoms with Crippen LogP contribution < -0.4 is 5.32 Å². The van der Waals surface area contributed by atoms with E-state index in [1.165, 1.54) is 6.92 Å². The summed E-state index contributed by atoms with van der Waals surface area (Å²) >= 11 is 0. The van der Waals surface area contributed by atoms with Gasteiger partial charge in [-0.3, -0.25) is 14.9 Å². The molecule has 0 unspecified atom stereocenters. The van der Waals surface area contributed by atoms with Crippen molar-refractivity contribution >= 4 is 17.8 Å². The number of imide groups is 1. The fraction of sp³-hybridized carbons (Fsp3) is 0.640. The zero-order chi connectivity index (χ0) is 23.3. The first-order chi connectivity index (χ1) is 14.7. The summed E-state index contributed by atoms with van der Waals surface area (Å²) in [4.78, 5) is 34.1. The van der Waals surface area contributed by atoms with Gasteiger partial charge in [0.1, 0.15) is 0 Å². The smallest absolute Gasteiger partial charge is 0.413 e. The molecule has 0 fully saturated rings. The molecule has 3 atom stereocenters. The second-order valence-electron chi connectivity index (χ2n) is 8.89. The first-order valence-corrected chi connectivity index (χ1v) is 11.3. The van der Waals surface area contributed by atoms with Gasteiger partial charge in [-0.2, -0.15) is 0 Å². The molecular formula is C25H39NO5. The first kappa shape index (κ1) is 26.8. The molecule has 1 aliphatic rings. The van der Waals surface area contributed by atoms with E-state index in [1.54, 1.807) is 6.08 Å². The predicted molar refractivity (Wildman–Crippen MR) is 122 cm³/mol. The fourth-order valence-electron chi connectivity index (χ4n) is 3.47. The summed E-state index contributed by atoms with van der Waals surface area (Å²) < 4.78 is 4.88. The van der Waals surface area contributed by atoms with E-state index in [4.69, 9.17) is 4.74 Å². The maximum atomic E-state index is 12.2. The summed E-state index contributed by atoms with van der Waals surface area (Å²) in [6.45, 7) is 7.83. The molecule has 1 aliphatic carbocycles. The second kappa shape index (κ2) is 14.0. The topological polar surface area (TPSA) is 92.7 Å². The SMILES string of the molecule is CCCCC(C)(C)[C@H](O)/C=C/[C@H]1C=CC(=O)[C@@H]1C/C=C\CCCCOC(=O)NC(C)=O. The van der Waals surface area contributed by atoms with Crippen LogP contribution in [0.15, 0.2) is 36.5 Å². The Hall–Kier alpha value is -2.21. The molecule has 2 N–H and O–H groups in total. The summed E-state index contributed by atoms with van der Waals surface area (Å²) in [6, 6.07) is 0. The number of carbonyl (C=O) groups excluding carboxylic acids is 3. The Labute approximate surface area is 186 Å². The van der Waals surface area contributed by atoms with E-state index in [-0.39, 0.29) is 29.6 Å². The van der Waals surface area contributed by atoms with Crippen LogP contribution in [-0.2, 0) is 14.3 Å². The molecule has 0 heterocycles. The summed E-state index contributed by atoms with van der Waals surface area (Å²) in [7, 11) is 0. The lowest BCUT2D eigenvalue weighted by Gasteiger charge is -2.28. The summed E-state index contributed by atoms with van der Waals surface area (Å²) in [6.07, 6.45) is 16.4. The van der Waals surface area contributed by atoms with Crippen LogP contribution in [0.25, 0.3) is 0 Å². The van der Waals surface area contributed by atoms with Gasteiger partial charge in [-0.25, -0.2) is 4.79 Å². The van der Waals surface area contributed by atoms with Gasteiger partial charge in [-0.15, -0.1) is 0 Å². The molecule has 0 bridgehead atoms. The Bertz CT molecular complexity index is 677. The monoisotopic (exact) mass is 433 g/mol. The van der Waals surface area contributed by atoms with E-state index < -0.39 is 18.1 Å². The van der Waals surface area contributed by atoms with E-state index in [2.05, 4.69) is 26.1 Å². The van der Waals surface area contributed by atoms with Crippen molar-refractivity contribution in [2.75, 3.05) is 6.61 Å². The molecule has 1 rings (SSSR count). The Morgan fingerprint density at radius 1 is 1.26 bits per heavy atom. The van der Waals surface area contributed by atoms with Crippen LogP contribution in [-0.4, -0.2) is 35.6 Å². The third-order valence-electron chi connectivity index (χ3n) is 5.64. The van der Waals surface area contributed by atoms with Gasteiger partial charge in [0.25, 0.3) is 0 Å². The van der Waals surface area contributed by atoms with Crippen molar-refractivity contribution in [3.05, 3.63) is 36.5 Å². The molecule has 31 heavy (non-hydrogen) atoms. The van der Waals surface area contributed by atoms with Crippen LogP contribution in [0.1, 0.15) is 72.6 Å². The van der Waals surface area contributed by atoms with E-state index in [1.807, 2.05) is 30.4 Å². The largest absolute Gasteiger partial charge is 0.449 e. The number of amides is 2. The molecule has 0 aliphatic heterocycles. The second-order valence-corrected chi connectivity index (χ2v) is 8.89. The molecule has 0 spiro atoms. The highest BCUT2D eigenvalue weighted by Crippen LogP contribution is 2.31. The minimum absolute atomic E-state index is 0.0157. The predicted octanol–water partition coefficient (Wildman–Crippen LogP) is 4.88. The molecule has 0 aromatic rings. The fourth-order valence-corrected chi connectivity index (χ4v) is 3.47. The van der Waals surface area contributed by atoms with Crippen molar-refractivity contribution in [3.8, 4) is 0 Å². The number of nitrogens with one attached hydrogen (secondary N) is 1. The zero-order valence-electron chi connectivity index (χ0n) is 19.4. The van der Waals surface area contributed by atoms with Crippen molar-refractivity contribution in [2.45, 2.75) is 78.7 Å². The quantitative estimate of drug-likeness (QED) is 0.319. The highest BCUT2D eigenvalue weighted by molar-refractivity contribution is 5.95. The van der Waals surface area contributed by atoms with Gasteiger partial charge in [-0.1, -0.05) is 64.0 Å². The van der Waals surface area contributed by atoms with Crippen LogP contribution in [0.2, 0.25) is 0 Å². The minimum Gasteiger partial charge on any atom is -0.449 e. The van der Waals surface area contributed by atoms with Gasteiger partial charge >= 0.3 is 6.09 Å². The summed E-state index contributed by atoms with van der Waals surface area (Å²) in [5.41, 5.74) is -0.176. The van der Waals surface area contributed by atoms with Gasteiger partial charge < -0.3 is 9.84 Å². The molecular weight excluding hydrogens is 394 g/mol. The van der Waals surface area contributed by atoms with E-state index in [0.29, 0.717) is 12.8 Å². The average Bonchev–Trinajstić information content (AvgIpc) is 3.05. The van der Waals surface area contributed by atoms with Gasteiger partial charge in [0.15, 0.2) is 5.78 Å². The van der Waals surface area contributed by atoms with Crippen molar-refractivity contribution in [1.82, 2.24) is 5.32 Å². The van der Waals surface area contributed by atoms with Crippen LogP contribution in [0, 0.1) is 17.3 Å². The van der Waals surface area contributed by atoms with Crippen molar-refractivity contribution < 1.29 is 24.2 Å². The Morgan fingerprint density at radius 3 is 2.68 bits per heavy atom. The normalized spacial score (nSPS) is 20.0. The number of hydrogen-bond acceptors (Lipinski definition) is 5. The number of unbranched alkanes of at least 4 members (excludes halogenated alkanes) is 3. The van der Waals surface area contributed by atoms with Gasteiger partial charge in [0.05, 0.1) is 12.7 Å². The van der Waals surface area contributed by atoms with Crippen LogP contribution in [0.3, 0.4) is 0 Å². The molecule has 0 radical (unpaired) electrons. The standard InChI is InChI=1S/C25H39NO5/c1-5-6-17-25(3,4)23(29)16-14-20-13-15-22(28)21(20)12-10-8-7-9-11-18-31-24(30)26-19(2)27/h8,10,13-16,20-21,23,29H,5-7,9,11-12,17-18H2,1-4H3,(H,26,27,30)/b10-8-,16-14+/t20-,21-,23-/m1/s1. The van der Waals surface area contributed by atoms with E-state index >= 15 is 0 Å². The number of ether oxygens (including phenoxy) is 1. The maximum absolute atomic E-state index is 12.2. The number of ketones is 1. The van der Waals surface area contributed by atoms with Gasteiger partial charge in [0, 0.05) is 18.8 Å². The molecule has 2 amide bonds. The number of rotatable bonds is 13. The van der Waals surface area contributed by atoms with Gasteiger partial charge in [0.2, 0.25) is 5.91 Å². The summed E-state index contributed by atoms with van der Waals surface area (Å²) in [5.74, 6) is -0.408. The maximum Gasteiger partial charge on any atom is 0.413 e. The molecule has 0 aromatic carbocycles. The van der Waals surface area contributed by atoms with Gasteiger partial charge in [-0.05, 0) is 43.6 Å². The molecule has 0 saturated carbocycles. The average molecular weight is 434 g/mol. The highest BCUT2D eigenvalue weighted by atomic mass is 16.5. The minimum atomic E-state index is -0.715. The Kier molecular flexibility index (Phi) is 12.1. The van der Waals surface area contributed by atoms with Crippen LogP contribution >= 0.6 is 0 Å². The summed E-state index contributed by atoms with van der Waals surface area (Å²) in [5, 5.41) is 12.6. The third-order valence-corrected chi connectivity index (χ3v) is 5.64. The number of carbonyl (C=O) groups is 3. The molecule has 0 saturated heterocycles. The zero-order valence-corrected chi connectivity index (χ0v) is 19.4. The third kappa shape index (κ3) is 10.6. The lowest BCUT2D eigenvalue weighted by Crippen LogP contribution is -2.28. The molecule has 6 heteroatoms. The molecule has 174 valence electrons. The van der Waals surface area contributed by atoms with E-state index in [0.717, 1.165) is 32.1 Å². The van der Waals surface area contributed by atoms with Crippen LogP contribution in [0.5, 0.6) is 0 Å². The van der Waals surface area contributed by atoms with E-state index in [9.17, 15) is 19.5 Å². The van der Waals surface area contributed by atoms with Crippen molar-refractivity contribution in [2.24, 2.45) is 17.3 Å². The van der Waals surface area contributed by atoms with Crippen LogP contribution in [0.4, 0.5) is 4.79 Å². The number of hydrogen-bond donors (Lipinski definition) is 2. The number of alkyl carbamates (subject to hydrolysis) is 1. The number of allylic oxidation sites excluding steroid dienone is 5. The highest BCUT2D eigenvalue weighted by Gasteiger charge is 2.29. The number of aliphatic hydroxyl groups excluding tert-OH is 1.